The lowest BCUT2D eigenvalue weighted by Gasteiger charge is -2.34. The molecular formula is C16H30O2. The molecule has 106 valence electrons. The first-order chi connectivity index (χ1) is 8.83. The highest BCUT2D eigenvalue weighted by atomic mass is 16.7. The van der Waals surface area contributed by atoms with Gasteiger partial charge in [0.1, 0.15) is 6.79 Å². The van der Waals surface area contributed by atoms with Crippen molar-refractivity contribution >= 4 is 0 Å². The lowest BCUT2D eigenvalue weighted by molar-refractivity contribution is -0.111. The van der Waals surface area contributed by atoms with Crippen LogP contribution < -0.4 is 0 Å². The lowest BCUT2D eigenvalue weighted by atomic mass is 9.79. The maximum Gasteiger partial charge on any atom is 0.146 e. The van der Waals surface area contributed by atoms with Gasteiger partial charge in [0.15, 0.2) is 0 Å². The van der Waals surface area contributed by atoms with Gasteiger partial charge in [0, 0.05) is 13.0 Å². The Morgan fingerprint density at radius 2 is 2.00 bits per heavy atom. The Labute approximate surface area is 113 Å². The van der Waals surface area contributed by atoms with Gasteiger partial charge in [-0.3, -0.25) is 0 Å². The molecular weight excluding hydrogens is 224 g/mol. The van der Waals surface area contributed by atoms with Crippen LogP contribution in [0.3, 0.4) is 0 Å². The molecule has 0 spiro atoms. The average molecular weight is 254 g/mol. The number of unbranched alkanes of at least 4 members (excludes halogenated alkanes) is 1. The highest BCUT2D eigenvalue weighted by Gasteiger charge is 2.29. The Morgan fingerprint density at radius 3 is 2.56 bits per heavy atom. The van der Waals surface area contributed by atoms with Gasteiger partial charge in [0.2, 0.25) is 0 Å². The monoisotopic (exact) mass is 254 g/mol. The fourth-order valence-corrected chi connectivity index (χ4v) is 3.07. The summed E-state index contributed by atoms with van der Waals surface area (Å²) in [5.41, 5.74) is 0. The molecule has 1 saturated carbocycles. The molecule has 0 aromatic heterocycles. The molecule has 1 aliphatic rings. The summed E-state index contributed by atoms with van der Waals surface area (Å²) in [7, 11) is 1.70. The molecule has 18 heavy (non-hydrogen) atoms. The van der Waals surface area contributed by atoms with Gasteiger partial charge in [-0.25, -0.2) is 0 Å². The summed E-state index contributed by atoms with van der Waals surface area (Å²) in [6.45, 7) is 6.67. The van der Waals surface area contributed by atoms with Crippen LogP contribution in [-0.2, 0) is 9.47 Å². The summed E-state index contributed by atoms with van der Waals surface area (Å²) in [4.78, 5) is 0. The number of ether oxygens (including phenoxy) is 2. The maximum atomic E-state index is 5.99. The number of hydrogen-bond donors (Lipinski definition) is 0. The highest BCUT2D eigenvalue weighted by molar-refractivity contribution is 4.90. The van der Waals surface area contributed by atoms with E-state index in [1.807, 2.05) is 0 Å². The minimum atomic E-state index is 0.314. The van der Waals surface area contributed by atoms with Crippen LogP contribution in [0.2, 0.25) is 0 Å². The van der Waals surface area contributed by atoms with Crippen molar-refractivity contribution in [1.82, 2.24) is 0 Å². The molecule has 0 bridgehead atoms. The Balaban J connectivity index is 2.57. The summed E-state index contributed by atoms with van der Waals surface area (Å²) in [6.07, 6.45) is 12.8. The van der Waals surface area contributed by atoms with Gasteiger partial charge < -0.3 is 9.47 Å². The first-order valence-corrected chi connectivity index (χ1v) is 7.56. The van der Waals surface area contributed by atoms with Crippen molar-refractivity contribution in [3.63, 3.8) is 0 Å². The standard InChI is InChI=1S/C16H30O2/c1-4-6-10-14(5-2)16(18-13-17-3)15-11-8-7-9-12-15/h5,14-16H,2,4,6-13H2,1,3H3/t14-,16-/m0/s1. The number of rotatable bonds is 9. The molecule has 0 aromatic rings. The van der Waals surface area contributed by atoms with Crippen LogP contribution in [0.25, 0.3) is 0 Å². The van der Waals surface area contributed by atoms with Gasteiger partial charge in [0.25, 0.3) is 0 Å². The molecule has 1 rings (SSSR count). The van der Waals surface area contributed by atoms with E-state index in [1.165, 1.54) is 51.4 Å². The Morgan fingerprint density at radius 1 is 1.28 bits per heavy atom. The minimum absolute atomic E-state index is 0.314. The van der Waals surface area contributed by atoms with Crippen LogP contribution >= 0.6 is 0 Å². The topological polar surface area (TPSA) is 18.5 Å². The van der Waals surface area contributed by atoms with Crippen LogP contribution in [-0.4, -0.2) is 20.0 Å². The van der Waals surface area contributed by atoms with Gasteiger partial charge in [-0.05, 0) is 25.2 Å². The van der Waals surface area contributed by atoms with E-state index in [0.717, 1.165) is 0 Å². The van der Waals surface area contributed by atoms with E-state index in [2.05, 4.69) is 19.6 Å². The van der Waals surface area contributed by atoms with E-state index in [-0.39, 0.29) is 0 Å². The zero-order valence-corrected chi connectivity index (χ0v) is 12.2. The zero-order valence-electron chi connectivity index (χ0n) is 12.2. The quantitative estimate of drug-likeness (QED) is 0.444. The molecule has 2 heteroatoms. The van der Waals surface area contributed by atoms with E-state index in [1.54, 1.807) is 7.11 Å². The SMILES string of the molecule is C=C[C@@H](CCCC)[C@H](OCOC)C1CCCCC1. The first kappa shape index (κ1) is 15.7. The van der Waals surface area contributed by atoms with Crippen LogP contribution in [0.4, 0.5) is 0 Å². The molecule has 0 aliphatic heterocycles. The summed E-state index contributed by atoms with van der Waals surface area (Å²) < 4.78 is 11.1. The molecule has 0 saturated heterocycles. The van der Waals surface area contributed by atoms with E-state index < -0.39 is 0 Å². The summed E-state index contributed by atoms with van der Waals surface area (Å²) in [5, 5.41) is 0. The normalized spacial score (nSPS) is 20.6. The van der Waals surface area contributed by atoms with Gasteiger partial charge >= 0.3 is 0 Å². The molecule has 0 N–H and O–H groups in total. The zero-order chi connectivity index (χ0) is 13.2. The largest absolute Gasteiger partial charge is 0.359 e. The Bertz CT molecular complexity index is 209. The fourth-order valence-electron chi connectivity index (χ4n) is 3.07. The third kappa shape index (κ3) is 5.11. The third-order valence-corrected chi connectivity index (χ3v) is 4.11. The second-order valence-electron chi connectivity index (χ2n) is 5.48. The maximum absolute atomic E-state index is 5.99. The summed E-state index contributed by atoms with van der Waals surface area (Å²) in [5.74, 6) is 1.19. The summed E-state index contributed by atoms with van der Waals surface area (Å²) >= 11 is 0. The van der Waals surface area contributed by atoms with Crippen molar-refractivity contribution in [3.8, 4) is 0 Å². The number of hydrogen-bond acceptors (Lipinski definition) is 2. The van der Waals surface area contributed by atoms with Crippen molar-refractivity contribution in [2.45, 2.75) is 64.4 Å². The molecule has 2 nitrogen and oxygen atoms in total. The van der Waals surface area contributed by atoms with Crippen molar-refractivity contribution in [2.24, 2.45) is 11.8 Å². The second-order valence-corrected chi connectivity index (χ2v) is 5.48. The number of methoxy groups -OCH3 is 1. The van der Waals surface area contributed by atoms with Crippen molar-refractivity contribution < 1.29 is 9.47 Å². The minimum Gasteiger partial charge on any atom is -0.359 e. The van der Waals surface area contributed by atoms with Crippen LogP contribution in [0.1, 0.15) is 58.3 Å². The van der Waals surface area contributed by atoms with E-state index in [9.17, 15) is 0 Å². The second kappa shape index (κ2) is 9.57. The molecule has 0 heterocycles. The van der Waals surface area contributed by atoms with Crippen molar-refractivity contribution in [1.29, 1.82) is 0 Å². The molecule has 0 amide bonds. The summed E-state index contributed by atoms with van der Waals surface area (Å²) in [6, 6.07) is 0. The molecule has 2 atom stereocenters. The Hall–Kier alpha value is -0.340. The van der Waals surface area contributed by atoms with Gasteiger partial charge in [0.05, 0.1) is 6.10 Å². The van der Waals surface area contributed by atoms with Gasteiger partial charge in [-0.15, -0.1) is 6.58 Å². The molecule has 1 fully saturated rings. The Kier molecular flexibility index (Phi) is 8.36. The first-order valence-electron chi connectivity index (χ1n) is 7.56. The predicted molar refractivity (Wildman–Crippen MR) is 76.5 cm³/mol. The van der Waals surface area contributed by atoms with Crippen molar-refractivity contribution in [2.75, 3.05) is 13.9 Å². The van der Waals surface area contributed by atoms with Crippen LogP contribution in [0, 0.1) is 11.8 Å². The van der Waals surface area contributed by atoms with E-state index in [0.29, 0.717) is 24.7 Å². The van der Waals surface area contributed by atoms with Gasteiger partial charge in [-0.1, -0.05) is 45.1 Å². The predicted octanol–water partition coefficient (Wildman–Crippen LogP) is 4.55. The molecule has 0 radical (unpaired) electrons. The van der Waals surface area contributed by atoms with Crippen LogP contribution in [0.15, 0.2) is 12.7 Å². The van der Waals surface area contributed by atoms with Crippen molar-refractivity contribution in [3.05, 3.63) is 12.7 Å². The smallest absolute Gasteiger partial charge is 0.146 e. The molecule has 1 aliphatic carbocycles. The third-order valence-electron chi connectivity index (χ3n) is 4.11. The van der Waals surface area contributed by atoms with Crippen LogP contribution in [0.5, 0.6) is 0 Å². The van der Waals surface area contributed by atoms with E-state index in [4.69, 9.17) is 9.47 Å². The molecule has 0 aromatic carbocycles. The highest BCUT2D eigenvalue weighted by Crippen LogP contribution is 2.33. The average Bonchev–Trinajstić information content (AvgIpc) is 2.43. The fraction of sp³-hybridized carbons (Fsp3) is 0.875. The molecule has 0 unspecified atom stereocenters. The van der Waals surface area contributed by atoms with E-state index >= 15 is 0 Å². The van der Waals surface area contributed by atoms with Gasteiger partial charge in [-0.2, -0.15) is 0 Å². The lowest BCUT2D eigenvalue weighted by Crippen LogP contribution is -2.33.